The first-order valence-corrected chi connectivity index (χ1v) is 28.8. The predicted octanol–water partition coefficient (Wildman–Crippen LogP) is -2.40. The van der Waals surface area contributed by atoms with Crippen LogP contribution in [0, 0.1) is 29.6 Å². The average Bonchev–Trinajstić information content (AvgIpc) is 4.08. The maximum atomic E-state index is 15.1. The first kappa shape index (κ1) is 62.5. The number of aromatic amines is 1. The number of ketones is 3. The number of aliphatic hydroxyl groups excluding tert-OH is 3. The molecule has 8 amide bonds. The second-order valence-corrected chi connectivity index (χ2v) is 23.6. The number of rotatable bonds is 15. The summed E-state index contributed by atoms with van der Waals surface area (Å²) in [6.07, 6.45) is -3.10. The van der Waals surface area contributed by atoms with Crippen LogP contribution in [-0.2, 0) is 69.0 Å². The maximum absolute atomic E-state index is 15.1. The summed E-state index contributed by atoms with van der Waals surface area (Å²) < 4.78 is 36.3. The largest absolute Gasteiger partial charge is 0.494 e. The zero-order valence-corrected chi connectivity index (χ0v) is 46.3. The predicted molar refractivity (Wildman–Crippen MR) is 283 cm³/mol. The number of unbranched alkanes of at least 4 members (excludes halogenated alkanes) is 3. The molecule has 440 valence electrons. The number of sulfone groups is 1. The molecular weight excluding hydrogens is 1070 g/mol. The first-order chi connectivity index (χ1) is 37.8. The number of ether oxygens (including phenoxy) is 1. The Kier molecular flexibility index (Phi) is 21.6. The van der Waals surface area contributed by atoms with E-state index in [1.807, 2.05) is 0 Å². The molecule has 2 aromatic rings. The third-order valence-corrected chi connectivity index (χ3v) is 17.3. The highest BCUT2D eigenvalue weighted by molar-refractivity contribution is 7.91. The summed E-state index contributed by atoms with van der Waals surface area (Å²) in [7, 11) is -4.90. The number of amides is 8. The van der Waals surface area contributed by atoms with Crippen LogP contribution in [0.1, 0.15) is 97.5 Å². The van der Waals surface area contributed by atoms with Crippen LogP contribution in [0.25, 0.3) is 10.9 Å². The highest BCUT2D eigenvalue weighted by atomic mass is 32.2. The van der Waals surface area contributed by atoms with Crippen LogP contribution in [0.15, 0.2) is 23.2 Å². The summed E-state index contributed by atoms with van der Waals surface area (Å²) in [5, 5.41) is 43.8. The van der Waals surface area contributed by atoms with Gasteiger partial charge in [0.1, 0.15) is 22.9 Å². The van der Waals surface area contributed by atoms with Crippen LogP contribution < -0.4 is 37.1 Å². The van der Waals surface area contributed by atoms with Gasteiger partial charge in [0.05, 0.1) is 68.4 Å². The van der Waals surface area contributed by atoms with Gasteiger partial charge in [-0.2, -0.15) is 0 Å². The van der Waals surface area contributed by atoms with Crippen molar-refractivity contribution in [3.8, 4) is 5.75 Å². The highest BCUT2D eigenvalue weighted by Crippen LogP contribution is 2.34. The number of aliphatic hydroxyl groups is 3. The lowest BCUT2D eigenvalue weighted by Crippen LogP contribution is -2.55. The molecule has 6 rings (SSSR count). The van der Waals surface area contributed by atoms with Crippen LogP contribution in [0.4, 0.5) is 0 Å². The third-order valence-electron chi connectivity index (χ3n) is 15.6. The Morgan fingerprint density at radius 3 is 2.19 bits per heavy atom. The Balaban J connectivity index is 1.46. The van der Waals surface area contributed by atoms with Gasteiger partial charge < -0.3 is 57.4 Å². The summed E-state index contributed by atoms with van der Waals surface area (Å²) in [4.78, 5) is 156. The summed E-state index contributed by atoms with van der Waals surface area (Å²) >= 11 is 0. The molecule has 27 heteroatoms. The van der Waals surface area contributed by atoms with Crippen molar-refractivity contribution in [3.05, 3.63) is 23.8 Å². The molecule has 0 aliphatic carbocycles. The molecule has 0 saturated carbocycles. The minimum Gasteiger partial charge on any atom is -0.494 e. The molecule has 1 aromatic heterocycles. The van der Waals surface area contributed by atoms with Gasteiger partial charge in [-0.1, -0.05) is 47.0 Å². The van der Waals surface area contributed by atoms with Crippen molar-refractivity contribution in [2.75, 3.05) is 51.7 Å². The normalized spacial score (nSPS) is 27.5. The van der Waals surface area contributed by atoms with Gasteiger partial charge in [-0.05, 0) is 49.3 Å². The molecule has 2 saturated heterocycles. The number of nitrogens with one attached hydrogen (secondary N) is 6. The summed E-state index contributed by atoms with van der Waals surface area (Å²) in [6, 6.07) is -1.77. The van der Waals surface area contributed by atoms with Gasteiger partial charge in [-0.25, -0.2) is 8.42 Å². The lowest BCUT2D eigenvalue weighted by atomic mass is 9.85. The molecule has 4 aliphatic heterocycles. The van der Waals surface area contributed by atoms with E-state index < -0.39 is 185 Å². The summed E-state index contributed by atoms with van der Waals surface area (Å²) in [5.74, 6) is -15.2. The summed E-state index contributed by atoms with van der Waals surface area (Å²) in [5.41, 5.74) is 5.60. The van der Waals surface area contributed by atoms with Crippen molar-refractivity contribution in [2.24, 2.45) is 35.3 Å². The number of imide groups is 1. The number of hydrogen-bond donors (Lipinski definition) is 10. The second-order valence-electron chi connectivity index (χ2n) is 21.7. The monoisotopic (exact) mass is 1140 g/mol. The Hall–Kier alpha value is -6.68. The second kappa shape index (κ2) is 27.7. The molecule has 0 radical (unpaired) electrons. The third kappa shape index (κ3) is 15.8. The number of hydrogen-bond acceptors (Lipinski definition) is 18. The van der Waals surface area contributed by atoms with Gasteiger partial charge in [0.15, 0.2) is 27.2 Å². The van der Waals surface area contributed by atoms with E-state index in [0.29, 0.717) is 38.6 Å². The van der Waals surface area contributed by atoms with Crippen LogP contribution in [-0.4, -0.2) is 191 Å². The number of carbonyl (C=O) groups is 11. The number of nitrogens with zero attached hydrogens (tertiary/aromatic N) is 2. The van der Waals surface area contributed by atoms with E-state index in [1.54, 1.807) is 20.8 Å². The van der Waals surface area contributed by atoms with Crippen LogP contribution >= 0.6 is 0 Å². The van der Waals surface area contributed by atoms with Crippen molar-refractivity contribution in [1.82, 2.24) is 41.4 Å². The standard InChI is InChI=1S/C53H75N9O17S/c1-5-27(2)47-51(75)56-21-44(70)57-37-26-80(77,78)52-35(34-11-10-33(20-36(34)58-52)79-13-9-7-6-8-12-62-46(72)14-28(3)53(62)76)15-31(49(73)55-22-45(71)59-47)17-40(66)48(29(4)42(68)25-63)60-50(74)38-19-32(64)23-61(38)24-41(67)30(16-39(37)65)18-43(54)69/h10-11,20,27-32,37-38,42,47-48,58,63-64,68H,5-9,12-19,21-26H2,1-4H3,(H2,54,69)(H,55,73)(H,56,75)(H,57,70)(H,59,71)(H,60,74)/t27-,28?,29-,30-,31+,32?,37-,38-,42-,47-,48-/m0/s1. The van der Waals surface area contributed by atoms with Gasteiger partial charge >= 0.3 is 0 Å². The number of nitrogens with two attached hydrogens (primary N) is 1. The van der Waals surface area contributed by atoms with E-state index in [1.165, 1.54) is 34.9 Å². The van der Waals surface area contributed by atoms with E-state index in [0.717, 1.165) is 0 Å². The Bertz CT molecular complexity index is 2820. The number of primary amides is 1. The summed E-state index contributed by atoms with van der Waals surface area (Å²) in [6.45, 7) is 3.50. The van der Waals surface area contributed by atoms with Crippen LogP contribution in [0.2, 0.25) is 0 Å². The topological polar surface area (TPSA) is 400 Å². The molecule has 11 N–H and O–H groups in total. The molecule has 2 bridgehead atoms. The number of carbonyl (C=O) groups excluding carboxylic acids is 11. The fourth-order valence-electron chi connectivity index (χ4n) is 10.6. The van der Waals surface area contributed by atoms with Gasteiger partial charge in [0, 0.05) is 73.9 Å². The smallest absolute Gasteiger partial charge is 0.243 e. The molecule has 0 spiro atoms. The fourth-order valence-corrected chi connectivity index (χ4v) is 12.4. The van der Waals surface area contributed by atoms with E-state index in [-0.39, 0.29) is 65.9 Å². The van der Waals surface area contributed by atoms with Gasteiger partial charge in [0.25, 0.3) is 0 Å². The SMILES string of the molecule is CC[C@H](C)[C@@H]1NC(=O)CNC(=O)[C@H]2CC(=O)[C@H]([C@@H](C)[C@@H](O)CO)NC(=O)[C@@H]3CC(O)CN3CC(=O)[C@H](CC(N)=O)CC(=O)[C@H](CS(=O)(=O)c3[nH]c4cc(OCCCCCCN5C(=O)CC(C)C5=O)ccc4c3C2)NC(=O)CNC1=O. The molecular formula is C53H75N9O17S. The zero-order valence-electron chi connectivity index (χ0n) is 45.5. The lowest BCUT2D eigenvalue weighted by molar-refractivity contribution is -0.139. The number of aromatic nitrogens is 1. The molecule has 4 aliphatic rings. The van der Waals surface area contributed by atoms with Crippen molar-refractivity contribution < 1.29 is 81.2 Å². The minimum absolute atomic E-state index is 0.102. The van der Waals surface area contributed by atoms with Crippen molar-refractivity contribution >= 4 is 85.3 Å². The number of H-pyrrole nitrogens is 1. The molecule has 5 heterocycles. The Morgan fingerprint density at radius 1 is 0.838 bits per heavy atom. The number of likely N-dealkylation sites (tertiary alicyclic amines) is 1. The zero-order chi connectivity index (χ0) is 58.7. The lowest BCUT2D eigenvalue weighted by Gasteiger charge is -2.31. The van der Waals surface area contributed by atoms with Gasteiger partial charge in [-0.15, -0.1) is 0 Å². The minimum atomic E-state index is -4.90. The maximum Gasteiger partial charge on any atom is 0.243 e. The first-order valence-electron chi connectivity index (χ1n) is 27.2. The van der Waals surface area contributed by atoms with Gasteiger partial charge in [0.2, 0.25) is 47.3 Å². The van der Waals surface area contributed by atoms with Gasteiger partial charge in [-0.3, -0.25) is 62.5 Å². The van der Waals surface area contributed by atoms with E-state index >= 15 is 8.42 Å². The number of benzene rings is 1. The Labute approximate surface area is 462 Å². The Morgan fingerprint density at radius 2 is 1.52 bits per heavy atom. The van der Waals surface area contributed by atoms with Crippen LogP contribution in [0.3, 0.4) is 0 Å². The number of Topliss-reactive ketones (excluding diaryl/α,β-unsaturated/α-hetero) is 3. The van der Waals surface area contributed by atoms with E-state index in [9.17, 15) is 68.1 Å². The van der Waals surface area contributed by atoms with Crippen molar-refractivity contribution in [2.45, 2.75) is 140 Å². The quantitative estimate of drug-likeness (QED) is 0.0656. The molecule has 26 nitrogen and oxygen atoms in total. The molecule has 2 unspecified atom stereocenters. The molecule has 2 fully saturated rings. The van der Waals surface area contributed by atoms with E-state index in [4.69, 9.17) is 10.5 Å². The number of fused-ring (bicyclic) bond motifs is 5. The molecule has 1 aromatic carbocycles. The van der Waals surface area contributed by atoms with E-state index in [2.05, 4.69) is 31.6 Å². The van der Waals surface area contributed by atoms with Crippen molar-refractivity contribution in [1.29, 1.82) is 0 Å². The molecule has 80 heavy (non-hydrogen) atoms. The highest BCUT2D eigenvalue weighted by Gasteiger charge is 2.43. The molecule has 11 atom stereocenters. The average molecular weight is 1140 g/mol. The van der Waals surface area contributed by atoms with Crippen LogP contribution in [0.5, 0.6) is 5.75 Å². The fraction of sp³-hybridized carbons (Fsp3) is 0.642. The van der Waals surface area contributed by atoms with Crippen molar-refractivity contribution in [3.63, 3.8) is 0 Å².